The average molecular weight is 283 g/mol. The molecule has 0 aliphatic rings. The monoisotopic (exact) mass is 283 g/mol. The van der Waals surface area contributed by atoms with Gasteiger partial charge in [-0.15, -0.1) is 0 Å². The minimum atomic E-state index is -1.21. The van der Waals surface area contributed by atoms with Crippen LogP contribution >= 0.6 is 0 Å². The van der Waals surface area contributed by atoms with Gasteiger partial charge < -0.3 is 14.6 Å². The Balaban J connectivity index is 2.25. The fourth-order valence-electron chi connectivity index (χ4n) is 1.91. The Labute approximate surface area is 123 Å². The molecule has 108 valence electrons. The molecule has 4 heteroatoms. The summed E-state index contributed by atoms with van der Waals surface area (Å²) in [6.45, 7) is 3.58. The van der Waals surface area contributed by atoms with Gasteiger partial charge in [0.1, 0.15) is 0 Å². The quantitative estimate of drug-likeness (QED) is 0.807. The molecule has 4 nitrogen and oxygen atoms in total. The van der Waals surface area contributed by atoms with Gasteiger partial charge in [0.15, 0.2) is 0 Å². The van der Waals surface area contributed by atoms with Crippen molar-refractivity contribution in [3.05, 3.63) is 59.7 Å². The van der Waals surface area contributed by atoms with Gasteiger partial charge in [-0.3, -0.25) is 0 Å². The molecule has 0 aliphatic heterocycles. The Bertz CT molecular complexity index is 657. The summed E-state index contributed by atoms with van der Waals surface area (Å²) in [4.78, 5) is 22.6. The summed E-state index contributed by atoms with van der Waals surface area (Å²) in [6.07, 6.45) is -0.170. The van der Waals surface area contributed by atoms with Crippen LogP contribution in [0.1, 0.15) is 34.6 Å². The van der Waals surface area contributed by atoms with Crippen LogP contribution in [0.5, 0.6) is 0 Å². The second-order valence-corrected chi connectivity index (χ2v) is 4.90. The maximum atomic E-state index is 11.7. The maximum Gasteiger partial charge on any atom is 0.338 e. The van der Waals surface area contributed by atoms with Crippen LogP contribution in [0.2, 0.25) is 0 Å². The number of rotatable bonds is 4. The van der Waals surface area contributed by atoms with E-state index in [0.717, 1.165) is 11.1 Å². The summed E-state index contributed by atoms with van der Waals surface area (Å²) in [7, 11) is 0. The number of carboxylic acid groups (broad SMARTS) is 1. The zero-order valence-corrected chi connectivity index (χ0v) is 11.8. The smallest absolute Gasteiger partial charge is 0.338 e. The molecule has 2 rings (SSSR count). The van der Waals surface area contributed by atoms with E-state index in [1.54, 1.807) is 50.2 Å². The average Bonchev–Trinajstić information content (AvgIpc) is 2.47. The number of esters is 1. The molecule has 0 bridgehead atoms. The molecule has 0 unspecified atom stereocenters. The lowest BCUT2D eigenvalue weighted by atomic mass is 10.0. The van der Waals surface area contributed by atoms with Gasteiger partial charge in [0, 0.05) is 0 Å². The highest BCUT2D eigenvalue weighted by Gasteiger charge is 2.09. The van der Waals surface area contributed by atoms with E-state index < -0.39 is 5.97 Å². The van der Waals surface area contributed by atoms with E-state index in [0.29, 0.717) is 5.56 Å². The van der Waals surface area contributed by atoms with E-state index in [1.165, 1.54) is 12.1 Å². The van der Waals surface area contributed by atoms with Crippen LogP contribution in [0.15, 0.2) is 48.5 Å². The Hall–Kier alpha value is -2.62. The molecule has 0 fully saturated rings. The van der Waals surface area contributed by atoms with Gasteiger partial charge in [-0.1, -0.05) is 30.3 Å². The van der Waals surface area contributed by atoms with Crippen molar-refractivity contribution in [2.45, 2.75) is 20.0 Å². The predicted molar refractivity (Wildman–Crippen MR) is 76.8 cm³/mol. The van der Waals surface area contributed by atoms with Gasteiger partial charge in [0.25, 0.3) is 0 Å². The van der Waals surface area contributed by atoms with Gasteiger partial charge in [-0.25, -0.2) is 4.79 Å². The van der Waals surface area contributed by atoms with Crippen molar-refractivity contribution >= 4 is 11.9 Å². The third-order valence-electron chi connectivity index (χ3n) is 2.89. The molecule has 0 amide bonds. The molecule has 0 heterocycles. The van der Waals surface area contributed by atoms with Crippen molar-refractivity contribution in [2.24, 2.45) is 0 Å². The molecule has 0 saturated carbocycles. The molecular weight excluding hydrogens is 268 g/mol. The third kappa shape index (κ3) is 3.69. The van der Waals surface area contributed by atoms with Gasteiger partial charge >= 0.3 is 5.97 Å². The zero-order chi connectivity index (χ0) is 15.4. The van der Waals surface area contributed by atoms with Gasteiger partial charge in [0.2, 0.25) is 0 Å². The second-order valence-electron chi connectivity index (χ2n) is 4.90. The summed E-state index contributed by atoms with van der Waals surface area (Å²) < 4.78 is 5.11. The number of hydrogen-bond acceptors (Lipinski definition) is 4. The number of aromatic carboxylic acids is 1. The molecule has 0 saturated heterocycles. The second kappa shape index (κ2) is 6.22. The fourth-order valence-corrected chi connectivity index (χ4v) is 1.91. The van der Waals surface area contributed by atoms with Gasteiger partial charge in [-0.2, -0.15) is 0 Å². The molecule has 2 aromatic rings. The van der Waals surface area contributed by atoms with E-state index in [1.807, 2.05) is 0 Å². The predicted octanol–water partition coefficient (Wildman–Crippen LogP) is 2.28. The molecule has 0 aliphatic carbocycles. The molecule has 0 N–H and O–H groups in total. The number of carbonyl (C=O) groups excluding carboxylic acids is 2. The minimum Gasteiger partial charge on any atom is -0.545 e. The Morgan fingerprint density at radius 3 is 2.19 bits per heavy atom. The fraction of sp³-hybridized carbons (Fsp3) is 0.176. The van der Waals surface area contributed by atoms with Crippen molar-refractivity contribution in [1.82, 2.24) is 0 Å². The van der Waals surface area contributed by atoms with E-state index in [-0.39, 0.29) is 17.6 Å². The van der Waals surface area contributed by atoms with Crippen LogP contribution in [-0.2, 0) is 4.74 Å². The van der Waals surface area contributed by atoms with Crippen molar-refractivity contribution in [2.75, 3.05) is 0 Å². The normalized spacial score (nSPS) is 10.4. The van der Waals surface area contributed by atoms with Crippen molar-refractivity contribution in [3.63, 3.8) is 0 Å². The van der Waals surface area contributed by atoms with Crippen LogP contribution in [0, 0.1) is 0 Å². The van der Waals surface area contributed by atoms with Crippen LogP contribution in [0.25, 0.3) is 11.1 Å². The number of ether oxygens (including phenoxy) is 1. The summed E-state index contributed by atoms with van der Waals surface area (Å²) in [5.74, 6) is -1.59. The SMILES string of the molecule is CC(C)OC(=O)c1ccc(-c2cccc(C(=O)[O-])c2)cc1. The molecule has 0 aromatic heterocycles. The maximum absolute atomic E-state index is 11.7. The van der Waals surface area contributed by atoms with Gasteiger partial charge in [-0.05, 0) is 48.7 Å². The highest BCUT2D eigenvalue weighted by molar-refractivity contribution is 5.91. The zero-order valence-electron chi connectivity index (χ0n) is 11.8. The van der Waals surface area contributed by atoms with Crippen LogP contribution in [0.3, 0.4) is 0 Å². The first-order valence-corrected chi connectivity index (χ1v) is 6.60. The highest BCUT2D eigenvalue weighted by atomic mass is 16.5. The van der Waals surface area contributed by atoms with E-state index in [4.69, 9.17) is 4.74 Å². The van der Waals surface area contributed by atoms with Crippen LogP contribution in [0.4, 0.5) is 0 Å². The standard InChI is InChI=1S/C17H16O4/c1-11(2)21-17(20)13-8-6-12(7-9-13)14-4-3-5-15(10-14)16(18)19/h3-11H,1-2H3,(H,18,19)/p-1. The lowest BCUT2D eigenvalue weighted by Crippen LogP contribution is -2.22. The molecule has 0 spiro atoms. The number of carboxylic acids is 1. The molecule has 0 radical (unpaired) electrons. The Morgan fingerprint density at radius 1 is 0.952 bits per heavy atom. The third-order valence-corrected chi connectivity index (χ3v) is 2.89. The lowest BCUT2D eigenvalue weighted by Gasteiger charge is -2.09. The lowest BCUT2D eigenvalue weighted by molar-refractivity contribution is -0.255. The number of carbonyl (C=O) groups is 2. The van der Waals surface area contributed by atoms with Crippen molar-refractivity contribution in [1.29, 1.82) is 0 Å². The van der Waals surface area contributed by atoms with Crippen molar-refractivity contribution < 1.29 is 19.4 Å². The first kappa shape index (κ1) is 14.8. The number of hydrogen-bond donors (Lipinski definition) is 0. The Morgan fingerprint density at radius 2 is 1.62 bits per heavy atom. The topological polar surface area (TPSA) is 66.4 Å². The summed E-state index contributed by atoms with van der Waals surface area (Å²) >= 11 is 0. The minimum absolute atomic E-state index is 0.121. The highest BCUT2D eigenvalue weighted by Crippen LogP contribution is 2.21. The van der Waals surface area contributed by atoms with Gasteiger partial charge in [0.05, 0.1) is 17.6 Å². The molecule has 21 heavy (non-hydrogen) atoms. The summed E-state index contributed by atoms with van der Waals surface area (Å²) in [5.41, 5.74) is 2.15. The molecule has 2 aromatic carbocycles. The van der Waals surface area contributed by atoms with Crippen LogP contribution < -0.4 is 5.11 Å². The Kier molecular flexibility index (Phi) is 4.38. The van der Waals surface area contributed by atoms with E-state index in [9.17, 15) is 14.7 Å². The van der Waals surface area contributed by atoms with Crippen molar-refractivity contribution in [3.8, 4) is 11.1 Å². The van der Waals surface area contributed by atoms with Crippen LogP contribution in [-0.4, -0.2) is 18.0 Å². The largest absolute Gasteiger partial charge is 0.545 e. The number of benzene rings is 2. The van der Waals surface area contributed by atoms with E-state index >= 15 is 0 Å². The summed E-state index contributed by atoms with van der Waals surface area (Å²) in [6, 6.07) is 13.3. The first-order chi connectivity index (χ1) is 9.97. The summed E-state index contributed by atoms with van der Waals surface area (Å²) in [5, 5.41) is 10.9. The molecular formula is C17H15O4-. The van der Waals surface area contributed by atoms with E-state index in [2.05, 4.69) is 0 Å². The first-order valence-electron chi connectivity index (χ1n) is 6.60. The molecule has 0 atom stereocenters.